The number of methoxy groups -OCH3 is 1. The van der Waals surface area contributed by atoms with Crippen LogP contribution in [-0.4, -0.2) is 70.8 Å². The fourth-order valence-electron chi connectivity index (χ4n) is 4.17. The van der Waals surface area contributed by atoms with E-state index in [9.17, 15) is 9.59 Å². The molecule has 0 saturated carbocycles. The van der Waals surface area contributed by atoms with Crippen molar-refractivity contribution in [3.63, 3.8) is 0 Å². The number of carbonyl (C=O) groups is 2. The van der Waals surface area contributed by atoms with Crippen LogP contribution in [0, 0.1) is 0 Å². The van der Waals surface area contributed by atoms with E-state index in [2.05, 4.69) is 17.2 Å². The lowest BCUT2D eigenvalue weighted by Gasteiger charge is -2.25. The number of ether oxygens (including phenoxy) is 2. The second kappa shape index (κ2) is 11.7. The van der Waals surface area contributed by atoms with E-state index in [1.807, 2.05) is 54.3 Å². The Morgan fingerprint density at radius 1 is 1.09 bits per heavy atom. The summed E-state index contributed by atoms with van der Waals surface area (Å²) >= 11 is 0. The Labute approximate surface area is 206 Å². The molecule has 0 N–H and O–H groups in total. The SMILES string of the molecule is CCn1cc(C(=O)N2CC(=O)N(CCc3ccccc3)C[C@@H](OCc3cccc(OC)c3)C2)cn1. The first-order chi connectivity index (χ1) is 17.1. The Kier molecular flexibility index (Phi) is 8.15. The quantitative estimate of drug-likeness (QED) is 0.475. The molecule has 0 aliphatic carbocycles. The molecular weight excluding hydrogens is 444 g/mol. The van der Waals surface area contributed by atoms with Gasteiger partial charge in [-0.1, -0.05) is 42.5 Å². The molecule has 2 heterocycles. The summed E-state index contributed by atoms with van der Waals surface area (Å²) in [5.41, 5.74) is 2.61. The molecule has 1 aromatic heterocycles. The predicted molar refractivity (Wildman–Crippen MR) is 132 cm³/mol. The molecule has 0 bridgehead atoms. The highest BCUT2D eigenvalue weighted by Crippen LogP contribution is 2.17. The molecule has 0 radical (unpaired) electrons. The van der Waals surface area contributed by atoms with Gasteiger partial charge >= 0.3 is 0 Å². The van der Waals surface area contributed by atoms with Crippen molar-refractivity contribution >= 4 is 11.8 Å². The maximum absolute atomic E-state index is 13.2. The Hall–Kier alpha value is -3.65. The van der Waals surface area contributed by atoms with Crippen LogP contribution in [-0.2, 0) is 29.1 Å². The lowest BCUT2D eigenvalue weighted by molar-refractivity contribution is -0.131. The van der Waals surface area contributed by atoms with Crippen LogP contribution in [0.5, 0.6) is 5.75 Å². The summed E-state index contributed by atoms with van der Waals surface area (Å²) in [7, 11) is 1.63. The van der Waals surface area contributed by atoms with Gasteiger partial charge in [0.15, 0.2) is 0 Å². The summed E-state index contributed by atoms with van der Waals surface area (Å²) < 4.78 is 13.3. The monoisotopic (exact) mass is 476 g/mol. The number of benzene rings is 2. The van der Waals surface area contributed by atoms with Gasteiger partial charge in [-0.2, -0.15) is 5.10 Å². The van der Waals surface area contributed by atoms with E-state index in [1.54, 1.807) is 29.1 Å². The zero-order chi connectivity index (χ0) is 24.6. The van der Waals surface area contributed by atoms with E-state index >= 15 is 0 Å². The van der Waals surface area contributed by atoms with Crippen molar-refractivity contribution in [3.8, 4) is 5.75 Å². The molecular formula is C27H32N4O4. The van der Waals surface area contributed by atoms with Crippen LogP contribution in [0.25, 0.3) is 0 Å². The van der Waals surface area contributed by atoms with Crippen LogP contribution in [0.1, 0.15) is 28.4 Å². The number of aromatic nitrogens is 2. The first-order valence-electron chi connectivity index (χ1n) is 11.9. The summed E-state index contributed by atoms with van der Waals surface area (Å²) in [5.74, 6) is 0.471. The first-order valence-corrected chi connectivity index (χ1v) is 11.9. The van der Waals surface area contributed by atoms with Gasteiger partial charge in [0, 0.05) is 32.4 Å². The maximum atomic E-state index is 13.2. The molecule has 1 atom stereocenters. The fraction of sp³-hybridized carbons (Fsp3) is 0.370. The molecule has 184 valence electrons. The third kappa shape index (κ3) is 6.48. The second-order valence-corrected chi connectivity index (χ2v) is 8.63. The van der Waals surface area contributed by atoms with Crippen molar-refractivity contribution in [2.24, 2.45) is 0 Å². The molecule has 0 unspecified atom stereocenters. The minimum atomic E-state index is -0.325. The van der Waals surface area contributed by atoms with E-state index in [0.29, 0.717) is 38.3 Å². The van der Waals surface area contributed by atoms with E-state index in [4.69, 9.17) is 9.47 Å². The van der Waals surface area contributed by atoms with E-state index < -0.39 is 0 Å². The number of hydrogen-bond acceptors (Lipinski definition) is 5. The number of hydrogen-bond donors (Lipinski definition) is 0. The normalized spacial score (nSPS) is 16.3. The Morgan fingerprint density at radius 3 is 2.63 bits per heavy atom. The third-order valence-corrected chi connectivity index (χ3v) is 6.15. The minimum absolute atomic E-state index is 0.0178. The van der Waals surface area contributed by atoms with Crippen molar-refractivity contribution in [2.45, 2.75) is 32.6 Å². The van der Waals surface area contributed by atoms with Gasteiger partial charge in [0.25, 0.3) is 5.91 Å². The molecule has 1 saturated heterocycles. The van der Waals surface area contributed by atoms with Gasteiger partial charge in [0.1, 0.15) is 12.3 Å². The van der Waals surface area contributed by atoms with Gasteiger partial charge in [-0.3, -0.25) is 14.3 Å². The van der Waals surface area contributed by atoms with Gasteiger partial charge in [0.2, 0.25) is 5.91 Å². The van der Waals surface area contributed by atoms with Gasteiger partial charge in [-0.05, 0) is 36.6 Å². The molecule has 2 aromatic carbocycles. The van der Waals surface area contributed by atoms with Gasteiger partial charge < -0.3 is 19.3 Å². The van der Waals surface area contributed by atoms with Gasteiger partial charge in [0.05, 0.1) is 31.6 Å². The molecule has 8 nitrogen and oxygen atoms in total. The lowest BCUT2D eigenvalue weighted by Crippen LogP contribution is -2.40. The molecule has 35 heavy (non-hydrogen) atoms. The highest BCUT2D eigenvalue weighted by molar-refractivity contribution is 5.96. The summed E-state index contributed by atoms with van der Waals surface area (Å²) in [6, 6.07) is 17.8. The number of rotatable bonds is 9. The number of carbonyl (C=O) groups excluding carboxylic acids is 2. The van der Waals surface area contributed by atoms with Crippen LogP contribution in [0.3, 0.4) is 0 Å². The van der Waals surface area contributed by atoms with E-state index in [-0.39, 0.29) is 24.5 Å². The van der Waals surface area contributed by atoms with Crippen molar-refractivity contribution in [2.75, 3.05) is 33.3 Å². The molecule has 2 amide bonds. The summed E-state index contributed by atoms with van der Waals surface area (Å²) in [6.45, 7) is 4.33. The second-order valence-electron chi connectivity index (χ2n) is 8.63. The van der Waals surface area contributed by atoms with Crippen LogP contribution < -0.4 is 4.74 Å². The van der Waals surface area contributed by atoms with E-state index in [1.165, 1.54) is 5.56 Å². The standard InChI is InChI=1S/C27H32N4O4/c1-3-31-16-23(15-28-31)27(33)30-18-25(35-20-22-10-7-11-24(14-22)34-2)17-29(26(32)19-30)13-12-21-8-5-4-6-9-21/h4-11,14-16,25H,3,12-13,17-20H2,1-2H3/t25-/m1/s1. The summed E-state index contributed by atoms with van der Waals surface area (Å²) in [5, 5.41) is 4.21. The fourth-order valence-corrected chi connectivity index (χ4v) is 4.17. The van der Waals surface area contributed by atoms with Crippen molar-refractivity contribution < 1.29 is 19.1 Å². The van der Waals surface area contributed by atoms with Crippen LogP contribution >= 0.6 is 0 Å². The van der Waals surface area contributed by atoms with Gasteiger partial charge in [-0.25, -0.2) is 0 Å². The van der Waals surface area contributed by atoms with Crippen LogP contribution in [0.15, 0.2) is 67.0 Å². The van der Waals surface area contributed by atoms with Crippen molar-refractivity contribution in [1.29, 1.82) is 0 Å². The molecule has 0 spiro atoms. The third-order valence-electron chi connectivity index (χ3n) is 6.15. The van der Waals surface area contributed by atoms with Crippen molar-refractivity contribution in [1.82, 2.24) is 19.6 Å². The maximum Gasteiger partial charge on any atom is 0.257 e. The summed E-state index contributed by atoms with van der Waals surface area (Å²) in [6.07, 6.45) is 3.69. The molecule has 8 heteroatoms. The highest BCUT2D eigenvalue weighted by Gasteiger charge is 2.31. The number of aryl methyl sites for hydroxylation is 1. The number of amides is 2. The number of nitrogens with zero attached hydrogens (tertiary/aromatic N) is 4. The zero-order valence-corrected chi connectivity index (χ0v) is 20.3. The predicted octanol–water partition coefficient (Wildman–Crippen LogP) is 3.02. The van der Waals surface area contributed by atoms with Crippen molar-refractivity contribution in [3.05, 3.63) is 83.7 Å². The molecule has 1 fully saturated rings. The summed E-state index contributed by atoms with van der Waals surface area (Å²) in [4.78, 5) is 29.8. The van der Waals surface area contributed by atoms with E-state index in [0.717, 1.165) is 17.7 Å². The first kappa shape index (κ1) is 24.5. The highest BCUT2D eigenvalue weighted by atomic mass is 16.5. The Bertz CT molecular complexity index is 1130. The Morgan fingerprint density at radius 2 is 1.89 bits per heavy atom. The smallest absolute Gasteiger partial charge is 0.257 e. The Balaban J connectivity index is 1.49. The molecule has 1 aliphatic rings. The molecule has 4 rings (SSSR count). The minimum Gasteiger partial charge on any atom is -0.497 e. The molecule has 3 aromatic rings. The lowest BCUT2D eigenvalue weighted by atomic mass is 10.1. The molecule has 1 aliphatic heterocycles. The van der Waals surface area contributed by atoms with Gasteiger partial charge in [-0.15, -0.1) is 0 Å². The topological polar surface area (TPSA) is 76.9 Å². The van der Waals surface area contributed by atoms with Crippen LogP contribution in [0.2, 0.25) is 0 Å². The largest absolute Gasteiger partial charge is 0.497 e. The zero-order valence-electron chi connectivity index (χ0n) is 20.3. The average molecular weight is 477 g/mol. The average Bonchev–Trinajstić information content (AvgIpc) is 3.32. The van der Waals surface area contributed by atoms with Crippen LogP contribution in [0.4, 0.5) is 0 Å².